The summed E-state index contributed by atoms with van der Waals surface area (Å²) in [7, 11) is 0. The molecule has 20 heavy (non-hydrogen) atoms. The molecule has 0 spiro atoms. The summed E-state index contributed by atoms with van der Waals surface area (Å²) in [6.07, 6.45) is -0.328. The minimum Gasteiger partial charge on any atom is -0.463 e. The lowest BCUT2D eigenvalue weighted by molar-refractivity contribution is -0.179. The van der Waals surface area contributed by atoms with Crippen LogP contribution in [0.4, 0.5) is 0 Å². The van der Waals surface area contributed by atoms with E-state index in [1.807, 2.05) is 30.3 Å². The van der Waals surface area contributed by atoms with Crippen LogP contribution in [0.25, 0.3) is 0 Å². The molecule has 110 valence electrons. The standard InChI is InChI=1S/C15H20O5/c1-12(16)19-11-15-10-18-9-14(20-15)8-17-7-13-5-3-2-4-6-13/h2-6,14-15H,7-11H2,1H3/t14-,15+/m0/s1. The maximum atomic E-state index is 10.8. The number of benzene rings is 1. The minimum absolute atomic E-state index is 0.118. The molecule has 1 saturated heterocycles. The Labute approximate surface area is 118 Å². The molecular formula is C15H20O5. The van der Waals surface area contributed by atoms with Crippen LogP contribution in [-0.4, -0.2) is 44.6 Å². The summed E-state index contributed by atoms with van der Waals surface area (Å²) in [6.45, 7) is 3.57. The Balaban J connectivity index is 1.66. The van der Waals surface area contributed by atoms with Gasteiger partial charge in [-0.1, -0.05) is 30.3 Å². The van der Waals surface area contributed by atoms with Crippen LogP contribution in [0.1, 0.15) is 12.5 Å². The van der Waals surface area contributed by atoms with Gasteiger partial charge in [-0.05, 0) is 5.56 Å². The predicted molar refractivity (Wildman–Crippen MR) is 72.2 cm³/mol. The van der Waals surface area contributed by atoms with Gasteiger partial charge >= 0.3 is 5.97 Å². The number of rotatable bonds is 6. The normalized spacial score (nSPS) is 22.4. The Kier molecular flexibility index (Phi) is 5.98. The largest absolute Gasteiger partial charge is 0.463 e. The fourth-order valence-electron chi connectivity index (χ4n) is 1.95. The Bertz CT molecular complexity index is 406. The van der Waals surface area contributed by atoms with Crippen molar-refractivity contribution in [2.75, 3.05) is 26.4 Å². The minimum atomic E-state index is -0.309. The molecule has 0 aliphatic carbocycles. The molecule has 1 heterocycles. The molecule has 1 aliphatic rings. The Morgan fingerprint density at radius 1 is 1.20 bits per heavy atom. The summed E-state index contributed by atoms with van der Waals surface area (Å²) in [5.41, 5.74) is 1.13. The lowest BCUT2D eigenvalue weighted by Gasteiger charge is -2.29. The third kappa shape index (κ3) is 5.28. The fraction of sp³-hybridized carbons (Fsp3) is 0.533. The molecule has 1 fully saturated rings. The molecule has 0 unspecified atom stereocenters. The maximum absolute atomic E-state index is 10.8. The van der Waals surface area contributed by atoms with E-state index in [0.29, 0.717) is 26.4 Å². The van der Waals surface area contributed by atoms with E-state index in [1.54, 1.807) is 0 Å². The van der Waals surface area contributed by atoms with Gasteiger partial charge < -0.3 is 18.9 Å². The first-order valence-electron chi connectivity index (χ1n) is 6.72. The molecule has 0 aromatic heterocycles. The lowest BCUT2D eigenvalue weighted by Crippen LogP contribution is -2.41. The van der Waals surface area contributed by atoms with Crippen molar-refractivity contribution < 1.29 is 23.7 Å². The van der Waals surface area contributed by atoms with Crippen LogP contribution in [0, 0.1) is 0 Å². The van der Waals surface area contributed by atoms with Crippen molar-refractivity contribution in [3.05, 3.63) is 35.9 Å². The highest BCUT2D eigenvalue weighted by Gasteiger charge is 2.24. The molecule has 5 heteroatoms. The van der Waals surface area contributed by atoms with Gasteiger partial charge in [0.15, 0.2) is 0 Å². The summed E-state index contributed by atoms with van der Waals surface area (Å²) < 4.78 is 21.7. The van der Waals surface area contributed by atoms with E-state index in [1.165, 1.54) is 6.92 Å². The number of carbonyl (C=O) groups is 1. The van der Waals surface area contributed by atoms with Crippen LogP contribution in [-0.2, 0) is 30.3 Å². The number of hydrogen-bond donors (Lipinski definition) is 0. The Hall–Kier alpha value is -1.43. The van der Waals surface area contributed by atoms with Crippen LogP contribution in [0.15, 0.2) is 30.3 Å². The van der Waals surface area contributed by atoms with Gasteiger partial charge in [0, 0.05) is 6.92 Å². The first-order valence-corrected chi connectivity index (χ1v) is 6.72. The van der Waals surface area contributed by atoms with Gasteiger partial charge in [0.05, 0.1) is 26.4 Å². The summed E-state index contributed by atoms with van der Waals surface area (Å²) in [5, 5.41) is 0. The van der Waals surface area contributed by atoms with Crippen molar-refractivity contribution in [3.63, 3.8) is 0 Å². The number of ether oxygens (including phenoxy) is 4. The summed E-state index contributed by atoms with van der Waals surface area (Å²) >= 11 is 0. The van der Waals surface area contributed by atoms with E-state index >= 15 is 0 Å². The van der Waals surface area contributed by atoms with Gasteiger partial charge in [-0.15, -0.1) is 0 Å². The van der Waals surface area contributed by atoms with E-state index in [4.69, 9.17) is 18.9 Å². The molecule has 0 saturated carbocycles. The van der Waals surface area contributed by atoms with E-state index in [9.17, 15) is 4.79 Å². The van der Waals surface area contributed by atoms with Crippen molar-refractivity contribution in [3.8, 4) is 0 Å². The predicted octanol–water partition coefficient (Wildman–Crippen LogP) is 1.55. The third-order valence-electron chi connectivity index (χ3n) is 2.88. The second kappa shape index (κ2) is 7.99. The summed E-state index contributed by atoms with van der Waals surface area (Å²) in [5.74, 6) is -0.309. The molecule has 0 amide bonds. The molecule has 1 aromatic rings. The molecule has 0 N–H and O–H groups in total. The average molecular weight is 280 g/mol. The monoisotopic (exact) mass is 280 g/mol. The van der Waals surface area contributed by atoms with E-state index in [0.717, 1.165) is 5.56 Å². The summed E-state index contributed by atoms with van der Waals surface area (Å²) in [4.78, 5) is 10.8. The lowest BCUT2D eigenvalue weighted by atomic mass is 10.2. The topological polar surface area (TPSA) is 54.0 Å². The highest BCUT2D eigenvalue weighted by Crippen LogP contribution is 2.10. The van der Waals surface area contributed by atoms with Gasteiger partial charge in [0.25, 0.3) is 0 Å². The number of esters is 1. The van der Waals surface area contributed by atoms with Crippen molar-refractivity contribution in [2.45, 2.75) is 25.7 Å². The van der Waals surface area contributed by atoms with Gasteiger partial charge in [0.1, 0.15) is 18.8 Å². The van der Waals surface area contributed by atoms with E-state index in [2.05, 4.69) is 0 Å². The maximum Gasteiger partial charge on any atom is 0.302 e. The van der Waals surface area contributed by atoms with Crippen LogP contribution in [0.3, 0.4) is 0 Å². The van der Waals surface area contributed by atoms with Crippen molar-refractivity contribution in [2.24, 2.45) is 0 Å². The molecular weight excluding hydrogens is 260 g/mol. The van der Waals surface area contributed by atoms with Crippen molar-refractivity contribution in [1.29, 1.82) is 0 Å². The highest BCUT2D eigenvalue weighted by atomic mass is 16.6. The van der Waals surface area contributed by atoms with Crippen molar-refractivity contribution >= 4 is 5.97 Å². The number of hydrogen-bond acceptors (Lipinski definition) is 5. The first-order chi connectivity index (χ1) is 9.74. The second-order valence-corrected chi connectivity index (χ2v) is 4.72. The van der Waals surface area contributed by atoms with Crippen LogP contribution in [0.2, 0.25) is 0 Å². The molecule has 2 rings (SSSR count). The van der Waals surface area contributed by atoms with Gasteiger partial charge in [-0.25, -0.2) is 0 Å². The number of carbonyl (C=O) groups excluding carboxylic acids is 1. The van der Waals surface area contributed by atoms with Crippen LogP contribution < -0.4 is 0 Å². The third-order valence-corrected chi connectivity index (χ3v) is 2.88. The molecule has 0 radical (unpaired) electrons. The van der Waals surface area contributed by atoms with Gasteiger partial charge in [0.2, 0.25) is 0 Å². The SMILES string of the molecule is CC(=O)OC[C@H]1COC[C@H](COCc2ccccc2)O1. The zero-order chi connectivity index (χ0) is 14.2. The zero-order valence-corrected chi connectivity index (χ0v) is 11.6. The molecule has 2 atom stereocenters. The molecule has 1 aliphatic heterocycles. The average Bonchev–Trinajstić information content (AvgIpc) is 2.47. The molecule has 1 aromatic carbocycles. The van der Waals surface area contributed by atoms with Gasteiger partial charge in [-0.3, -0.25) is 4.79 Å². The van der Waals surface area contributed by atoms with E-state index < -0.39 is 0 Å². The quantitative estimate of drug-likeness (QED) is 0.740. The first kappa shape index (κ1) is 15.0. The van der Waals surface area contributed by atoms with Crippen LogP contribution in [0.5, 0.6) is 0 Å². The molecule has 5 nitrogen and oxygen atoms in total. The van der Waals surface area contributed by atoms with Crippen LogP contribution >= 0.6 is 0 Å². The zero-order valence-electron chi connectivity index (χ0n) is 11.6. The fourth-order valence-corrected chi connectivity index (χ4v) is 1.95. The van der Waals surface area contributed by atoms with Crippen molar-refractivity contribution in [1.82, 2.24) is 0 Å². The Morgan fingerprint density at radius 2 is 1.90 bits per heavy atom. The van der Waals surface area contributed by atoms with E-state index in [-0.39, 0.29) is 24.8 Å². The van der Waals surface area contributed by atoms with Gasteiger partial charge in [-0.2, -0.15) is 0 Å². The smallest absolute Gasteiger partial charge is 0.302 e. The Morgan fingerprint density at radius 3 is 2.60 bits per heavy atom. The second-order valence-electron chi connectivity index (χ2n) is 4.72. The molecule has 0 bridgehead atoms. The summed E-state index contributed by atoms with van der Waals surface area (Å²) in [6, 6.07) is 9.97. The highest BCUT2D eigenvalue weighted by molar-refractivity contribution is 5.65.